The first-order chi connectivity index (χ1) is 7.54. The van der Waals surface area contributed by atoms with E-state index >= 15 is 0 Å². The molecule has 1 aromatic rings. The van der Waals surface area contributed by atoms with Gasteiger partial charge in [-0.3, -0.25) is 4.79 Å². The fraction of sp³-hybridized carbons (Fsp3) is 0.636. The van der Waals surface area contributed by atoms with Gasteiger partial charge in [-0.1, -0.05) is 25.4 Å². The number of carbonyl (C=O) groups is 1. The van der Waals surface area contributed by atoms with Crippen LogP contribution in [0.5, 0.6) is 0 Å². The average Bonchev–Trinajstić information content (AvgIpc) is 2.69. The molecule has 0 fully saturated rings. The fourth-order valence-electron chi connectivity index (χ4n) is 1.30. The van der Waals surface area contributed by atoms with Crippen LogP contribution in [0, 0.1) is 12.8 Å². The van der Waals surface area contributed by atoms with Gasteiger partial charge >= 0.3 is 0 Å². The van der Waals surface area contributed by atoms with E-state index in [1.54, 1.807) is 6.07 Å². The number of amides is 1. The number of carbonyl (C=O) groups excluding carboxylic acids is 1. The molecule has 1 heterocycles. The topological polar surface area (TPSA) is 81.2 Å². The van der Waals surface area contributed by atoms with Crippen LogP contribution in [-0.2, 0) is 11.3 Å². The van der Waals surface area contributed by atoms with Crippen molar-refractivity contribution in [1.82, 2.24) is 10.5 Å². The van der Waals surface area contributed by atoms with Crippen LogP contribution in [0.2, 0.25) is 0 Å². The quantitative estimate of drug-likeness (QED) is 0.839. The van der Waals surface area contributed by atoms with E-state index in [-0.39, 0.29) is 24.2 Å². The van der Waals surface area contributed by atoms with E-state index in [1.165, 1.54) is 0 Å². The first kappa shape index (κ1) is 15.9. The second-order valence-electron chi connectivity index (χ2n) is 4.06. The molecule has 1 aromatic heterocycles. The molecule has 1 rings (SSSR count). The maximum absolute atomic E-state index is 11.6. The Morgan fingerprint density at radius 1 is 1.65 bits per heavy atom. The Labute approximate surface area is 108 Å². The third-order valence-corrected chi connectivity index (χ3v) is 2.67. The third kappa shape index (κ3) is 4.75. The predicted octanol–water partition coefficient (Wildman–Crippen LogP) is 1.39. The molecule has 2 atom stereocenters. The maximum atomic E-state index is 11.6. The maximum Gasteiger partial charge on any atom is 0.237 e. The number of hydrogen-bond donors (Lipinski definition) is 2. The van der Waals surface area contributed by atoms with Crippen molar-refractivity contribution >= 4 is 18.3 Å². The molecule has 0 aliphatic carbocycles. The van der Waals surface area contributed by atoms with Crippen LogP contribution in [0.15, 0.2) is 10.6 Å². The Hall–Kier alpha value is -1.07. The van der Waals surface area contributed by atoms with Crippen LogP contribution < -0.4 is 11.1 Å². The van der Waals surface area contributed by atoms with Crippen LogP contribution in [0.1, 0.15) is 31.7 Å². The predicted molar refractivity (Wildman–Crippen MR) is 67.8 cm³/mol. The summed E-state index contributed by atoms with van der Waals surface area (Å²) < 4.78 is 4.98. The Morgan fingerprint density at radius 2 is 2.29 bits per heavy atom. The average molecular weight is 262 g/mol. The van der Waals surface area contributed by atoms with Gasteiger partial charge in [-0.05, 0) is 12.8 Å². The largest absolute Gasteiger partial charge is 0.359 e. The lowest BCUT2D eigenvalue weighted by Crippen LogP contribution is -2.44. The minimum atomic E-state index is -0.464. The van der Waals surface area contributed by atoms with E-state index in [9.17, 15) is 4.79 Å². The fourth-order valence-corrected chi connectivity index (χ4v) is 1.30. The number of nitrogens with two attached hydrogens (primary N) is 1. The Bertz CT molecular complexity index is 354. The van der Waals surface area contributed by atoms with Gasteiger partial charge in [0.1, 0.15) is 0 Å². The highest BCUT2D eigenvalue weighted by molar-refractivity contribution is 5.85. The monoisotopic (exact) mass is 261 g/mol. The Morgan fingerprint density at radius 3 is 2.76 bits per heavy atom. The Balaban J connectivity index is 0.00000256. The summed E-state index contributed by atoms with van der Waals surface area (Å²) >= 11 is 0. The van der Waals surface area contributed by atoms with Gasteiger partial charge < -0.3 is 15.6 Å². The lowest BCUT2D eigenvalue weighted by molar-refractivity contribution is -0.123. The molecule has 0 spiro atoms. The molecule has 17 heavy (non-hydrogen) atoms. The van der Waals surface area contributed by atoms with Gasteiger partial charge in [0.25, 0.3) is 0 Å². The van der Waals surface area contributed by atoms with E-state index in [0.717, 1.165) is 12.1 Å². The van der Waals surface area contributed by atoms with Crippen LogP contribution in [0.3, 0.4) is 0 Å². The van der Waals surface area contributed by atoms with E-state index < -0.39 is 6.04 Å². The zero-order valence-electron chi connectivity index (χ0n) is 10.4. The van der Waals surface area contributed by atoms with Crippen molar-refractivity contribution in [3.8, 4) is 0 Å². The minimum absolute atomic E-state index is 0. The van der Waals surface area contributed by atoms with E-state index in [1.807, 2.05) is 20.8 Å². The number of nitrogens with zero attached hydrogens (tertiary/aromatic N) is 1. The first-order valence-corrected chi connectivity index (χ1v) is 5.50. The zero-order chi connectivity index (χ0) is 12.1. The van der Waals surface area contributed by atoms with E-state index in [4.69, 9.17) is 10.3 Å². The number of nitrogens with one attached hydrogen (secondary N) is 1. The molecule has 6 heteroatoms. The summed E-state index contributed by atoms with van der Waals surface area (Å²) in [4.78, 5) is 11.6. The molecule has 0 aliphatic heterocycles. The van der Waals surface area contributed by atoms with Crippen LogP contribution in [0.25, 0.3) is 0 Å². The van der Waals surface area contributed by atoms with Crippen molar-refractivity contribution in [3.63, 3.8) is 0 Å². The number of aromatic nitrogens is 1. The summed E-state index contributed by atoms with van der Waals surface area (Å²) in [6, 6.07) is 1.32. The summed E-state index contributed by atoms with van der Waals surface area (Å²) in [5.41, 5.74) is 6.58. The van der Waals surface area contributed by atoms with Crippen LogP contribution in [-0.4, -0.2) is 17.1 Å². The first-order valence-electron chi connectivity index (χ1n) is 5.50. The number of aryl methyl sites for hydroxylation is 1. The SMILES string of the molecule is CCC(C)C(N)C(=O)NCc1cc(C)no1.Cl. The molecule has 0 aliphatic rings. The minimum Gasteiger partial charge on any atom is -0.359 e. The van der Waals surface area contributed by atoms with Crippen molar-refractivity contribution in [2.45, 2.75) is 39.8 Å². The summed E-state index contributed by atoms with van der Waals surface area (Å²) in [5.74, 6) is 0.669. The van der Waals surface area contributed by atoms with Crippen molar-refractivity contribution in [3.05, 3.63) is 17.5 Å². The van der Waals surface area contributed by atoms with Gasteiger partial charge in [0.15, 0.2) is 5.76 Å². The molecule has 3 N–H and O–H groups in total. The summed E-state index contributed by atoms with van der Waals surface area (Å²) in [5, 5.41) is 6.46. The number of hydrogen-bond acceptors (Lipinski definition) is 4. The number of halogens is 1. The molecule has 1 amide bonds. The van der Waals surface area contributed by atoms with E-state index in [0.29, 0.717) is 12.3 Å². The van der Waals surface area contributed by atoms with Gasteiger partial charge in [0.05, 0.1) is 18.3 Å². The molecule has 5 nitrogen and oxygen atoms in total. The summed E-state index contributed by atoms with van der Waals surface area (Å²) in [7, 11) is 0. The van der Waals surface area contributed by atoms with Crippen LogP contribution in [0.4, 0.5) is 0 Å². The highest BCUT2D eigenvalue weighted by Crippen LogP contribution is 2.06. The van der Waals surface area contributed by atoms with Gasteiger partial charge in [0.2, 0.25) is 5.91 Å². The third-order valence-electron chi connectivity index (χ3n) is 2.67. The zero-order valence-corrected chi connectivity index (χ0v) is 11.2. The van der Waals surface area contributed by atoms with Gasteiger partial charge in [0, 0.05) is 6.07 Å². The molecule has 98 valence electrons. The van der Waals surface area contributed by atoms with Gasteiger partial charge in [-0.2, -0.15) is 0 Å². The van der Waals surface area contributed by atoms with E-state index in [2.05, 4.69) is 10.5 Å². The van der Waals surface area contributed by atoms with Gasteiger partial charge in [-0.15, -0.1) is 12.4 Å². The van der Waals surface area contributed by atoms with Crippen molar-refractivity contribution < 1.29 is 9.32 Å². The standard InChI is InChI=1S/C11H19N3O2.ClH/c1-4-7(2)10(12)11(15)13-6-9-5-8(3)14-16-9;/h5,7,10H,4,6,12H2,1-3H3,(H,13,15);1H. The molecule has 2 unspecified atom stereocenters. The molecular weight excluding hydrogens is 242 g/mol. The molecule has 0 saturated carbocycles. The van der Waals surface area contributed by atoms with Crippen molar-refractivity contribution in [2.75, 3.05) is 0 Å². The van der Waals surface area contributed by atoms with Crippen LogP contribution >= 0.6 is 12.4 Å². The van der Waals surface area contributed by atoms with Crippen molar-refractivity contribution in [2.24, 2.45) is 11.7 Å². The van der Waals surface area contributed by atoms with Gasteiger partial charge in [-0.25, -0.2) is 0 Å². The highest BCUT2D eigenvalue weighted by Gasteiger charge is 2.19. The smallest absolute Gasteiger partial charge is 0.237 e. The molecular formula is C11H20ClN3O2. The molecule has 0 aromatic carbocycles. The summed E-state index contributed by atoms with van der Waals surface area (Å²) in [6.07, 6.45) is 0.885. The molecule has 0 bridgehead atoms. The summed E-state index contributed by atoms with van der Waals surface area (Å²) in [6.45, 7) is 6.14. The normalized spacial score (nSPS) is 13.6. The highest BCUT2D eigenvalue weighted by atomic mass is 35.5. The lowest BCUT2D eigenvalue weighted by Gasteiger charge is -2.16. The molecule has 0 saturated heterocycles. The number of rotatable bonds is 5. The lowest BCUT2D eigenvalue weighted by atomic mass is 9.99. The Kier molecular flexibility index (Phi) is 6.83. The second kappa shape index (κ2) is 7.29. The van der Waals surface area contributed by atoms with Crippen molar-refractivity contribution in [1.29, 1.82) is 0 Å². The molecule has 0 radical (unpaired) electrons. The second-order valence-corrected chi connectivity index (χ2v) is 4.06.